The van der Waals surface area contributed by atoms with Crippen molar-refractivity contribution < 1.29 is 0 Å². The summed E-state index contributed by atoms with van der Waals surface area (Å²) in [6, 6.07) is 37.3. The molecule has 0 fully saturated rings. The molecule has 0 spiro atoms. The van der Waals surface area contributed by atoms with Gasteiger partial charge in [0.1, 0.15) is 0 Å². The molecule has 0 radical (unpaired) electrons. The highest BCUT2D eigenvalue weighted by Crippen LogP contribution is 2.44. The lowest BCUT2D eigenvalue weighted by Crippen LogP contribution is -2.06. The van der Waals surface area contributed by atoms with Crippen molar-refractivity contribution >= 4 is 24.0 Å². The van der Waals surface area contributed by atoms with Gasteiger partial charge in [0.15, 0.2) is 0 Å². The zero-order valence-electron chi connectivity index (χ0n) is 14.2. The summed E-state index contributed by atoms with van der Waals surface area (Å²) in [6.07, 6.45) is 2.25. The van der Waals surface area contributed by atoms with E-state index in [2.05, 4.69) is 103 Å². The Hall–Kier alpha value is -2.43. The largest absolute Gasteiger partial charge is 0.0657 e. The van der Waals surface area contributed by atoms with E-state index in [4.69, 9.17) is 0 Å². The van der Waals surface area contributed by atoms with E-state index in [1.54, 1.807) is 0 Å². The highest BCUT2D eigenvalue weighted by molar-refractivity contribution is 7.64. The van der Waals surface area contributed by atoms with Crippen LogP contribution in [0.2, 0.25) is 0 Å². The molecule has 0 saturated heterocycles. The molecule has 4 rings (SSSR count). The molecule has 122 valence electrons. The molecular weight excluding hydrogens is 319 g/mol. The molecule has 0 heterocycles. The first kappa shape index (κ1) is 16.1. The molecule has 0 unspecified atom stereocenters. The first-order valence-corrected chi connectivity index (χ1v) is 10.4. The van der Waals surface area contributed by atoms with E-state index in [9.17, 15) is 0 Å². The van der Waals surface area contributed by atoms with Crippen molar-refractivity contribution in [2.45, 2.75) is 12.3 Å². The Morgan fingerprint density at radius 2 is 1.00 bits per heavy atom. The maximum atomic E-state index is 2.33. The van der Waals surface area contributed by atoms with Gasteiger partial charge in [-0.3, -0.25) is 0 Å². The third-order valence-corrected chi connectivity index (χ3v) is 7.10. The van der Waals surface area contributed by atoms with Gasteiger partial charge in [-0.15, -0.1) is 0 Å². The standard InChI is InChI=1S/C24H21P/c1-3-10-20(11-4-1)18-25(19-21-12-5-2-6-13-21)24-17-9-15-22-14-7-8-16-23(22)24/h1-17H,18-19H2. The molecule has 0 N–H and O–H groups in total. The van der Waals surface area contributed by atoms with Crippen LogP contribution in [0.3, 0.4) is 0 Å². The fourth-order valence-corrected chi connectivity index (χ4v) is 5.91. The average molecular weight is 340 g/mol. The van der Waals surface area contributed by atoms with Crippen molar-refractivity contribution in [3.8, 4) is 0 Å². The summed E-state index contributed by atoms with van der Waals surface area (Å²) in [7, 11) is -0.308. The van der Waals surface area contributed by atoms with Crippen LogP contribution in [0.1, 0.15) is 11.1 Å². The topological polar surface area (TPSA) is 0 Å². The maximum absolute atomic E-state index is 2.33. The van der Waals surface area contributed by atoms with Crippen LogP contribution in [0.5, 0.6) is 0 Å². The van der Waals surface area contributed by atoms with Gasteiger partial charge in [0.25, 0.3) is 0 Å². The quantitative estimate of drug-likeness (QED) is 0.371. The predicted molar refractivity (Wildman–Crippen MR) is 111 cm³/mol. The first-order valence-electron chi connectivity index (χ1n) is 8.71. The van der Waals surface area contributed by atoms with Gasteiger partial charge in [-0.25, -0.2) is 0 Å². The van der Waals surface area contributed by atoms with Gasteiger partial charge in [-0.05, 0) is 39.5 Å². The van der Waals surface area contributed by atoms with Gasteiger partial charge in [-0.1, -0.05) is 111 Å². The van der Waals surface area contributed by atoms with Gasteiger partial charge in [0, 0.05) is 0 Å². The number of benzene rings is 4. The van der Waals surface area contributed by atoms with E-state index in [0.717, 1.165) is 12.3 Å². The van der Waals surface area contributed by atoms with Gasteiger partial charge in [0.2, 0.25) is 0 Å². The smallest absolute Gasteiger partial charge is 0.00296 e. The second-order valence-corrected chi connectivity index (χ2v) is 8.52. The minimum absolute atomic E-state index is 0.308. The second-order valence-electron chi connectivity index (χ2n) is 6.33. The SMILES string of the molecule is c1ccc(CP(Cc2ccccc2)c2cccc3ccccc23)cc1. The molecule has 0 aliphatic rings. The number of hydrogen-bond donors (Lipinski definition) is 0. The summed E-state index contributed by atoms with van der Waals surface area (Å²) in [6.45, 7) is 0. The van der Waals surface area contributed by atoms with Gasteiger partial charge in [-0.2, -0.15) is 0 Å². The van der Waals surface area contributed by atoms with Crippen LogP contribution in [-0.4, -0.2) is 0 Å². The summed E-state index contributed by atoms with van der Waals surface area (Å²) in [5, 5.41) is 4.26. The van der Waals surface area contributed by atoms with Crippen LogP contribution in [0, 0.1) is 0 Å². The lowest BCUT2D eigenvalue weighted by Gasteiger charge is -2.21. The first-order chi connectivity index (χ1) is 12.4. The maximum Gasteiger partial charge on any atom is -0.00296 e. The van der Waals surface area contributed by atoms with Crippen LogP contribution >= 0.6 is 7.92 Å². The van der Waals surface area contributed by atoms with E-state index >= 15 is 0 Å². The van der Waals surface area contributed by atoms with Crippen molar-refractivity contribution in [3.63, 3.8) is 0 Å². The summed E-state index contributed by atoms with van der Waals surface area (Å²) in [4.78, 5) is 0. The number of rotatable bonds is 5. The summed E-state index contributed by atoms with van der Waals surface area (Å²) in [5.74, 6) is 0. The lowest BCUT2D eigenvalue weighted by atomic mass is 10.1. The van der Waals surface area contributed by atoms with Gasteiger partial charge in [0.05, 0.1) is 0 Å². The third-order valence-electron chi connectivity index (χ3n) is 4.54. The monoisotopic (exact) mass is 340 g/mol. The van der Waals surface area contributed by atoms with E-state index in [1.165, 1.54) is 27.2 Å². The van der Waals surface area contributed by atoms with E-state index in [1.807, 2.05) is 0 Å². The van der Waals surface area contributed by atoms with Gasteiger partial charge >= 0.3 is 0 Å². The molecule has 25 heavy (non-hydrogen) atoms. The normalized spacial score (nSPS) is 11.1. The molecular formula is C24H21P. The molecule has 4 aromatic rings. The van der Waals surface area contributed by atoms with Crippen LogP contribution in [0.25, 0.3) is 10.8 Å². The Morgan fingerprint density at radius 1 is 0.480 bits per heavy atom. The fraction of sp³-hybridized carbons (Fsp3) is 0.0833. The van der Waals surface area contributed by atoms with Crippen molar-refractivity contribution in [2.75, 3.05) is 0 Å². The number of hydrogen-bond acceptors (Lipinski definition) is 0. The third kappa shape index (κ3) is 3.81. The molecule has 0 amide bonds. The molecule has 0 bridgehead atoms. The predicted octanol–water partition coefficient (Wildman–Crippen LogP) is 6.35. The Kier molecular flexibility index (Phi) is 4.91. The Morgan fingerprint density at radius 3 is 1.64 bits per heavy atom. The van der Waals surface area contributed by atoms with E-state index in [0.29, 0.717) is 0 Å². The molecule has 0 saturated carbocycles. The fourth-order valence-electron chi connectivity index (χ4n) is 3.32. The summed E-state index contributed by atoms with van der Waals surface area (Å²) >= 11 is 0. The second kappa shape index (κ2) is 7.64. The zero-order valence-corrected chi connectivity index (χ0v) is 15.1. The van der Waals surface area contributed by atoms with E-state index < -0.39 is 0 Å². The van der Waals surface area contributed by atoms with Crippen molar-refractivity contribution in [3.05, 3.63) is 114 Å². The average Bonchev–Trinajstić information content (AvgIpc) is 2.69. The molecule has 0 atom stereocenters. The van der Waals surface area contributed by atoms with Crippen LogP contribution in [-0.2, 0) is 12.3 Å². The molecule has 1 heteroatoms. The molecule has 0 aliphatic carbocycles. The van der Waals surface area contributed by atoms with Crippen LogP contribution in [0.15, 0.2) is 103 Å². The molecule has 0 aliphatic heterocycles. The van der Waals surface area contributed by atoms with Crippen LogP contribution in [0.4, 0.5) is 0 Å². The molecule has 0 aromatic heterocycles. The van der Waals surface area contributed by atoms with Crippen molar-refractivity contribution in [1.29, 1.82) is 0 Å². The van der Waals surface area contributed by atoms with Crippen molar-refractivity contribution in [2.24, 2.45) is 0 Å². The van der Waals surface area contributed by atoms with Crippen molar-refractivity contribution in [1.82, 2.24) is 0 Å². The minimum Gasteiger partial charge on any atom is -0.0657 e. The van der Waals surface area contributed by atoms with E-state index in [-0.39, 0.29) is 7.92 Å². The number of fused-ring (bicyclic) bond motifs is 1. The molecule has 0 nitrogen and oxygen atoms in total. The summed E-state index contributed by atoms with van der Waals surface area (Å²) < 4.78 is 0. The lowest BCUT2D eigenvalue weighted by molar-refractivity contribution is 1.33. The highest BCUT2D eigenvalue weighted by Gasteiger charge is 2.15. The highest BCUT2D eigenvalue weighted by atomic mass is 31.1. The minimum atomic E-state index is -0.308. The Bertz CT molecular complexity index is 898. The summed E-state index contributed by atoms with van der Waals surface area (Å²) in [5.41, 5.74) is 2.86. The molecule has 4 aromatic carbocycles. The van der Waals surface area contributed by atoms with Gasteiger partial charge < -0.3 is 0 Å². The van der Waals surface area contributed by atoms with Crippen LogP contribution < -0.4 is 5.30 Å². The Labute approximate surface area is 150 Å². The Balaban J connectivity index is 1.76. The zero-order chi connectivity index (χ0) is 16.9.